The molecule has 4 N–H and O–H groups in total. The Kier molecular flexibility index (Phi) is 3.19. The van der Waals surface area contributed by atoms with Crippen LogP contribution in [0.25, 0.3) is 0 Å². The Morgan fingerprint density at radius 1 is 1.17 bits per heavy atom. The summed E-state index contributed by atoms with van der Waals surface area (Å²) in [6, 6.07) is 12.5. The number of carboxylic acids is 1. The van der Waals surface area contributed by atoms with Crippen molar-refractivity contribution in [1.82, 2.24) is 0 Å². The van der Waals surface area contributed by atoms with Gasteiger partial charge in [0, 0.05) is 5.69 Å². The Balaban J connectivity index is 2.30. The van der Waals surface area contributed by atoms with Gasteiger partial charge in [0.15, 0.2) is 0 Å². The quantitative estimate of drug-likeness (QED) is 0.723. The molecule has 0 heterocycles. The van der Waals surface area contributed by atoms with Gasteiger partial charge in [-0.05, 0) is 36.8 Å². The highest BCUT2D eigenvalue weighted by atomic mass is 16.4. The third kappa shape index (κ3) is 2.43. The van der Waals surface area contributed by atoms with Crippen LogP contribution in [0.3, 0.4) is 0 Å². The van der Waals surface area contributed by atoms with Crippen molar-refractivity contribution in [2.75, 3.05) is 11.1 Å². The van der Waals surface area contributed by atoms with Crippen molar-refractivity contribution in [3.8, 4) is 0 Å². The molecule has 0 aliphatic carbocycles. The van der Waals surface area contributed by atoms with Gasteiger partial charge in [-0.25, -0.2) is 4.79 Å². The van der Waals surface area contributed by atoms with Gasteiger partial charge in [0.1, 0.15) is 0 Å². The zero-order valence-corrected chi connectivity index (χ0v) is 9.97. The molecule has 0 saturated carbocycles. The van der Waals surface area contributed by atoms with Gasteiger partial charge in [-0.15, -0.1) is 0 Å². The van der Waals surface area contributed by atoms with Crippen molar-refractivity contribution in [2.24, 2.45) is 0 Å². The third-order valence-corrected chi connectivity index (χ3v) is 2.71. The second-order valence-corrected chi connectivity index (χ2v) is 4.05. The van der Waals surface area contributed by atoms with E-state index in [1.807, 2.05) is 31.2 Å². The van der Waals surface area contributed by atoms with E-state index in [1.54, 1.807) is 6.07 Å². The minimum absolute atomic E-state index is 0.183. The molecule has 2 aromatic carbocycles. The highest BCUT2D eigenvalue weighted by Gasteiger charge is 2.07. The topological polar surface area (TPSA) is 75.3 Å². The van der Waals surface area contributed by atoms with E-state index >= 15 is 0 Å². The summed E-state index contributed by atoms with van der Waals surface area (Å²) >= 11 is 0. The predicted molar refractivity (Wildman–Crippen MR) is 72.3 cm³/mol. The summed E-state index contributed by atoms with van der Waals surface area (Å²) in [6.07, 6.45) is 0. The van der Waals surface area contributed by atoms with Crippen LogP contribution in [0.4, 0.5) is 17.1 Å². The van der Waals surface area contributed by atoms with Gasteiger partial charge in [0.05, 0.1) is 16.9 Å². The van der Waals surface area contributed by atoms with Gasteiger partial charge in [-0.2, -0.15) is 0 Å². The van der Waals surface area contributed by atoms with Gasteiger partial charge in [-0.3, -0.25) is 0 Å². The number of anilines is 3. The molecular weight excluding hydrogens is 228 g/mol. The first-order valence-corrected chi connectivity index (χ1v) is 5.53. The maximum Gasteiger partial charge on any atom is 0.335 e. The molecule has 0 aromatic heterocycles. The molecule has 0 unspecified atom stereocenters. The molecule has 0 amide bonds. The standard InChI is InChI=1S/C14H14N2O2/c1-9-4-2-3-5-12(9)16-13-7-6-10(14(17)18)8-11(13)15/h2-8,16H,15H2,1H3,(H,17,18). The zero-order valence-electron chi connectivity index (χ0n) is 9.97. The Bertz CT molecular complexity index is 594. The Morgan fingerprint density at radius 2 is 1.89 bits per heavy atom. The fraction of sp³-hybridized carbons (Fsp3) is 0.0714. The zero-order chi connectivity index (χ0) is 13.1. The Morgan fingerprint density at radius 3 is 2.50 bits per heavy atom. The largest absolute Gasteiger partial charge is 0.478 e. The average molecular weight is 242 g/mol. The number of aryl methyl sites for hydroxylation is 1. The van der Waals surface area contributed by atoms with Crippen molar-refractivity contribution < 1.29 is 9.90 Å². The fourth-order valence-electron chi connectivity index (χ4n) is 1.67. The molecule has 4 nitrogen and oxygen atoms in total. The van der Waals surface area contributed by atoms with E-state index in [-0.39, 0.29) is 5.56 Å². The number of nitrogens with one attached hydrogen (secondary N) is 1. The monoisotopic (exact) mass is 242 g/mol. The summed E-state index contributed by atoms with van der Waals surface area (Å²) in [4.78, 5) is 10.8. The molecule has 0 spiro atoms. The lowest BCUT2D eigenvalue weighted by molar-refractivity contribution is 0.0697. The number of benzene rings is 2. The maximum atomic E-state index is 10.8. The van der Waals surface area contributed by atoms with Gasteiger partial charge in [0.2, 0.25) is 0 Å². The van der Waals surface area contributed by atoms with Crippen molar-refractivity contribution in [3.63, 3.8) is 0 Å². The number of hydrogen-bond acceptors (Lipinski definition) is 3. The Labute approximate surface area is 105 Å². The highest BCUT2D eigenvalue weighted by molar-refractivity contribution is 5.90. The van der Waals surface area contributed by atoms with Gasteiger partial charge >= 0.3 is 5.97 Å². The number of carbonyl (C=O) groups is 1. The third-order valence-electron chi connectivity index (χ3n) is 2.71. The van der Waals surface area contributed by atoms with Crippen molar-refractivity contribution in [2.45, 2.75) is 6.92 Å². The molecule has 4 heteroatoms. The molecule has 0 radical (unpaired) electrons. The van der Waals surface area contributed by atoms with E-state index < -0.39 is 5.97 Å². The lowest BCUT2D eigenvalue weighted by Gasteiger charge is -2.12. The van der Waals surface area contributed by atoms with Crippen LogP contribution in [0.5, 0.6) is 0 Å². The molecule has 2 rings (SSSR count). The van der Waals surface area contributed by atoms with E-state index in [1.165, 1.54) is 12.1 Å². The average Bonchev–Trinajstić information content (AvgIpc) is 2.34. The number of carboxylic acid groups (broad SMARTS) is 1. The molecule has 18 heavy (non-hydrogen) atoms. The van der Waals surface area contributed by atoms with Crippen LogP contribution >= 0.6 is 0 Å². The molecule has 92 valence electrons. The smallest absolute Gasteiger partial charge is 0.335 e. The van der Waals surface area contributed by atoms with Crippen molar-refractivity contribution in [3.05, 3.63) is 53.6 Å². The summed E-state index contributed by atoms with van der Waals surface area (Å²) < 4.78 is 0. The van der Waals surface area contributed by atoms with E-state index in [2.05, 4.69) is 5.32 Å². The van der Waals surface area contributed by atoms with E-state index in [4.69, 9.17) is 10.8 Å². The molecule has 0 aliphatic rings. The van der Waals surface area contributed by atoms with Gasteiger partial charge < -0.3 is 16.2 Å². The molecule has 0 bridgehead atoms. The van der Waals surface area contributed by atoms with Crippen LogP contribution in [-0.4, -0.2) is 11.1 Å². The van der Waals surface area contributed by atoms with E-state index in [9.17, 15) is 4.79 Å². The summed E-state index contributed by atoms with van der Waals surface area (Å²) in [5, 5.41) is 12.0. The number of hydrogen-bond donors (Lipinski definition) is 3. The number of nitrogen functional groups attached to an aromatic ring is 1. The van der Waals surface area contributed by atoms with Crippen LogP contribution in [-0.2, 0) is 0 Å². The van der Waals surface area contributed by atoms with Crippen molar-refractivity contribution >= 4 is 23.0 Å². The fourth-order valence-corrected chi connectivity index (χ4v) is 1.67. The highest BCUT2D eigenvalue weighted by Crippen LogP contribution is 2.25. The SMILES string of the molecule is Cc1ccccc1Nc1ccc(C(=O)O)cc1N. The van der Waals surface area contributed by atoms with Crippen LogP contribution in [0, 0.1) is 6.92 Å². The van der Waals surface area contributed by atoms with Crippen LogP contribution < -0.4 is 11.1 Å². The van der Waals surface area contributed by atoms with Crippen molar-refractivity contribution in [1.29, 1.82) is 0 Å². The number of nitrogens with two attached hydrogens (primary N) is 1. The van der Waals surface area contributed by atoms with Gasteiger partial charge in [-0.1, -0.05) is 18.2 Å². The lowest BCUT2D eigenvalue weighted by atomic mass is 10.1. The number of rotatable bonds is 3. The minimum atomic E-state index is -0.982. The molecule has 0 aliphatic heterocycles. The van der Waals surface area contributed by atoms with Crippen LogP contribution in [0.2, 0.25) is 0 Å². The second-order valence-electron chi connectivity index (χ2n) is 4.05. The summed E-state index contributed by atoms with van der Waals surface area (Å²) in [5.41, 5.74) is 9.18. The molecule has 0 atom stereocenters. The normalized spacial score (nSPS) is 10.1. The van der Waals surface area contributed by atoms with Crippen LogP contribution in [0.15, 0.2) is 42.5 Å². The molecule has 0 fully saturated rings. The first-order chi connectivity index (χ1) is 8.58. The van der Waals surface area contributed by atoms with E-state index in [0.29, 0.717) is 11.4 Å². The lowest BCUT2D eigenvalue weighted by Crippen LogP contribution is -2.01. The number of para-hydroxylation sites is 1. The molecule has 0 saturated heterocycles. The summed E-state index contributed by atoms with van der Waals surface area (Å²) in [5.74, 6) is -0.982. The first kappa shape index (κ1) is 12.0. The second kappa shape index (κ2) is 4.79. The van der Waals surface area contributed by atoms with Crippen LogP contribution in [0.1, 0.15) is 15.9 Å². The maximum absolute atomic E-state index is 10.8. The first-order valence-electron chi connectivity index (χ1n) is 5.53. The summed E-state index contributed by atoms with van der Waals surface area (Å²) in [7, 11) is 0. The predicted octanol–water partition coefficient (Wildman–Crippen LogP) is 3.02. The minimum Gasteiger partial charge on any atom is -0.478 e. The van der Waals surface area contributed by atoms with Gasteiger partial charge in [0.25, 0.3) is 0 Å². The summed E-state index contributed by atoms with van der Waals surface area (Å²) in [6.45, 7) is 1.99. The van der Waals surface area contributed by atoms with E-state index in [0.717, 1.165) is 11.3 Å². The molecule has 2 aromatic rings. The Hall–Kier alpha value is -2.49. The molecular formula is C14H14N2O2. The number of aromatic carboxylic acids is 1.